The van der Waals surface area contributed by atoms with Crippen molar-refractivity contribution in [3.8, 4) is 0 Å². The normalized spacial score (nSPS) is 17.4. The summed E-state index contributed by atoms with van der Waals surface area (Å²) in [5, 5.41) is 11.7. The second-order valence-electron chi connectivity index (χ2n) is 7.57. The Bertz CT molecular complexity index is 840. The topological polar surface area (TPSA) is 61.1 Å². The smallest absolute Gasteiger partial charge is 0.357 e. The number of hydrogen-bond donors (Lipinski definition) is 1. The van der Waals surface area contributed by atoms with E-state index in [0.29, 0.717) is 32.6 Å². The van der Waals surface area contributed by atoms with E-state index in [1.54, 1.807) is 6.92 Å². The molecule has 1 unspecified atom stereocenters. The molecular weight excluding hydrogens is 522 g/mol. The van der Waals surface area contributed by atoms with Crippen molar-refractivity contribution in [2.75, 3.05) is 45.8 Å². The molecule has 0 aromatic carbocycles. The molecule has 0 aliphatic carbocycles. The average Bonchev–Trinajstić information content (AvgIpc) is 3.33. The van der Waals surface area contributed by atoms with Gasteiger partial charge < -0.3 is 10.2 Å². The number of pyridine rings is 1. The van der Waals surface area contributed by atoms with Gasteiger partial charge in [0, 0.05) is 45.3 Å². The Morgan fingerprint density at radius 3 is 2.81 bits per heavy atom. The number of alkyl halides is 3. The molecule has 2 aromatic heterocycles. The van der Waals surface area contributed by atoms with Crippen LogP contribution < -0.4 is 5.32 Å². The van der Waals surface area contributed by atoms with Crippen LogP contribution in [-0.2, 0) is 6.42 Å². The highest BCUT2D eigenvalue weighted by molar-refractivity contribution is 14.0. The zero-order valence-corrected chi connectivity index (χ0v) is 20.3. The van der Waals surface area contributed by atoms with Gasteiger partial charge in [0.15, 0.2) is 11.6 Å². The second kappa shape index (κ2) is 11.8. The van der Waals surface area contributed by atoms with Crippen LogP contribution in [0.25, 0.3) is 5.65 Å². The largest absolute Gasteiger partial charge is 0.401 e. The summed E-state index contributed by atoms with van der Waals surface area (Å²) >= 11 is 0. The third kappa shape index (κ3) is 7.48. The van der Waals surface area contributed by atoms with Crippen LogP contribution in [0.5, 0.6) is 0 Å². The Morgan fingerprint density at radius 2 is 2.10 bits per heavy atom. The quantitative estimate of drug-likeness (QED) is 0.310. The van der Waals surface area contributed by atoms with Crippen LogP contribution in [0.3, 0.4) is 0 Å². The minimum atomic E-state index is -4.16. The van der Waals surface area contributed by atoms with E-state index in [4.69, 9.17) is 4.99 Å². The molecule has 0 spiro atoms. The molecule has 3 rings (SSSR count). The van der Waals surface area contributed by atoms with Crippen LogP contribution in [-0.4, -0.2) is 82.3 Å². The molecule has 1 N–H and O–H groups in total. The van der Waals surface area contributed by atoms with Gasteiger partial charge >= 0.3 is 6.18 Å². The fourth-order valence-corrected chi connectivity index (χ4v) is 3.85. The number of rotatable bonds is 8. The Balaban J connectivity index is 0.00000341. The molecule has 1 atom stereocenters. The molecule has 7 nitrogen and oxygen atoms in total. The number of nitrogens with zero attached hydrogens (tertiary/aromatic N) is 6. The summed E-state index contributed by atoms with van der Waals surface area (Å²) < 4.78 is 40.2. The summed E-state index contributed by atoms with van der Waals surface area (Å²) in [6.07, 6.45) is -0.693. The zero-order chi connectivity index (χ0) is 21.6. The minimum Gasteiger partial charge on any atom is -0.357 e. The SMILES string of the molecule is CCNC(=NCCc1nnc2ccccn12)N1CCC(CN(CC)CC(F)(F)F)C1.I. The Morgan fingerprint density at radius 1 is 1.29 bits per heavy atom. The summed E-state index contributed by atoms with van der Waals surface area (Å²) in [6.45, 7) is 6.61. The van der Waals surface area contributed by atoms with E-state index >= 15 is 0 Å². The van der Waals surface area contributed by atoms with Crippen molar-refractivity contribution in [2.24, 2.45) is 10.9 Å². The van der Waals surface area contributed by atoms with Gasteiger partial charge in [0.1, 0.15) is 5.82 Å². The van der Waals surface area contributed by atoms with Crippen molar-refractivity contribution in [1.82, 2.24) is 29.7 Å². The van der Waals surface area contributed by atoms with E-state index in [9.17, 15) is 13.2 Å². The molecule has 0 bridgehead atoms. The van der Waals surface area contributed by atoms with Gasteiger partial charge in [-0.25, -0.2) is 0 Å². The lowest BCUT2D eigenvalue weighted by Gasteiger charge is -2.26. The van der Waals surface area contributed by atoms with E-state index in [-0.39, 0.29) is 29.9 Å². The average molecular weight is 553 g/mol. The van der Waals surface area contributed by atoms with Gasteiger partial charge in [0.25, 0.3) is 0 Å². The minimum absolute atomic E-state index is 0. The van der Waals surface area contributed by atoms with E-state index in [2.05, 4.69) is 20.4 Å². The van der Waals surface area contributed by atoms with E-state index in [1.807, 2.05) is 35.7 Å². The molecule has 174 valence electrons. The first kappa shape index (κ1) is 25.6. The van der Waals surface area contributed by atoms with Gasteiger partial charge in [-0.05, 0) is 37.9 Å². The summed E-state index contributed by atoms with van der Waals surface area (Å²) in [7, 11) is 0. The number of aliphatic imine (C=N–C) groups is 1. The standard InChI is InChI=1S/C20H30F3N7.HI/c1-3-24-19(25-10-8-18-27-26-17-7-5-6-11-30(17)18)29-12-9-16(14-29)13-28(4-2)15-20(21,22)23;/h5-7,11,16H,3-4,8-10,12-15H2,1-2H3,(H,24,25);1H. The molecule has 0 radical (unpaired) electrons. The molecule has 0 saturated carbocycles. The first-order valence-corrected chi connectivity index (χ1v) is 10.5. The van der Waals surface area contributed by atoms with Crippen molar-refractivity contribution in [3.63, 3.8) is 0 Å². The Hall–Kier alpha value is -1.63. The highest BCUT2D eigenvalue weighted by Gasteiger charge is 2.33. The lowest BCUT2D eigenvalue weighted by Crippen LogP contribution is -2.42. The monoisotopic (exact) mass is 553 g/mol. The molecule has 2 aromatic rings. The number of aromatic nitrogens is 3. The molecule has 1 saturated heterocycles. The van der Waals surface area contributed by atoms with Crippen LogP contribution in [0.15, 0.2) is 29.4 Å². The summed E-state index contributed by atoms with van der Waals surface area (Å²) in [6, 6.07) is 5.77. The fraction of sp³-hybridized carbons (Fsp3) is 0.650. The van der Waals surface area contributed by atoms with Crippen molar-refractivity contribution in [1.29, 1.82) is 0 Å². The number of halogens is 4. The van der Waals surface area contributed by atoms with Gasteiger partial charge in [-0.2, -0.15) is 13.2 Å². The van der Waals surface area contributed by atoms with Crippen molar-refractivity contribution >= 4 is 35.6 Å². The Kier molecular flexibility index (Phi) is 9.79. The van der Waals surface area contributed by atoms with Gasteiger partial charge in [-0.15, -0.1) is 34.2 Å². The highest BCUT2D eigenvalue weighted by Crippen LogP contribution is 2.21. The molecule has 3 heterocycles. The van der Waals surface area contributed by atoms with Gasteiger partial charge in [0.2, 0.25) is 0 Å². The fourth-order valence-electron chi connectivity index (χ4n) is 3.85. The molecule has 0 amide bonds. The molecular formula is C20H31F3IN7. The van der Waals surface area contributed by atoms with Crippen molar-refractivity contribution < 1.29 is 13.2 Å². The summed E-state index contributed by atoms with van der Waals surface area (Å²) in [5.41, 5.74) is 0.810. The number of nitrogens with one attached hydrogen (secondary N) is 1. The van der Waals surface area contributed by atoms with Crippen LogP contribution in [0.2, 0.25) is 0 Å². The van der Waals surface area contributed by atoms with Crippen LogP contribution in [0, 0.1) is 5.92 Å². The number of fused-ring (bicyclic) bond motifs is 1. The number of guanidine groups is 1. The van der Waals surface area contributed by atoms with Crippen LogP contribution in [0.4, 0.5) is 13.2 Å². The zero-order valence-electron chi connectivity index (χ0n) is 18.0. The van der Waals surface area contributed by atoms with Crippen molar-refractivity contribution in [3.05, 3.63) is 30.2 Å². The molecule has 1 fully saturated rings. The summed E-state index contributed by atoms with van der Waals surface area (Å²) in [4.78, 5) is 8.36. The lowest BCUT2D eigenvalue weighted by molar-refractivity contribution is -0.146. The van der Waals surface area contributed by atoms with E-state index in [1.165, 1.54) is 4.90 Å². The van der Waals surface area contributed by atoms with Gasteiger partial charge in [0.05, 0.1) is 6.54 Å². The van der Waals surface area contributed by atoms with Crippen molar-refractivity contribution in [2.45, 2.75) is 32.9 Å². The highest BCUT2D eigenvalue weighted by atomic mass is 127. The first-order chi connectivity index (χ1) is 14.4. The molecule has 31 heavy (non-hydrogen) atoms. The molecule has 1 aliphatic rings. The van der Waals surface area contributed by atoms with E-state index < -0.39 is 12.7 Å². The maximum absolute atomic E-state index is 12.7. The molecule has 1 aliphatic heterocycles. The Labute approximate surface area is 198 Å². The van der Waals surface area contributed by atoms with Gasteiger partial charge in [-0.1, -0.05) is 13.0 Å². The van der Waals surface area contributed by atoms with Gasteiger partial charge in [-0.3, -0.25) is 14.3 Å². The maximum atomic E-state index is 12.7. The van der Waals surface area contributed by atoms with Crippen LogP contribution in [0.1, 0.15) is 26.1 Å². The maximum Gasteiger partial charge on any atom is 0.401 e. The first-order valence-electron chi connectivity index (χ1n) is 10.5. The lowest BCUT2D eigenvalue weighted by atomic mass is 10.1. The second-order valence-corrected chi connectivity index (χ2v) is 7.57. The predicted octanol–water partition coefficient (Wildman–Crippen LogP) is 3.06. The summed E-state index contributed by atoms with van der Waals surface area (Å²) in [5.74, 6) is 1.87. The van der Waals surface area contributed by atoms with Crippen LogP contribution >= 0.6 is 24.0 Å². The molecule has 11 heteroatoms. The third-order valence-corrected chi connectivity index (χ3v) is 5.27. The third-order valence-electron chi connectivity index (χ3n) is 5.27. The number of hydrogen-bond acceptors (Lipinski definition) is 4. The number of likely N-dealkylation sites (tertiary alicyclic amines) is 1. The predicted molar refractivity (Wildman–Crippen MR) is 126 cm³/mol. The van der Waals surface area contributed by atoms with E-state index in [0.717, 1.165) is 36.9 Å².